The molecule has 0 aromatic carbocycles. The molecule has 0 aliphatic heterocycles. The fraction of sp³-hybridized carbons (Fsp3) is 0.838. The van der Waals surface area contributed by atoms with E-state index in [4.69, 9.17) is 14.2 Å². The fourth-order valence-corrected chi connectivity index (χ4v) is 10.3. The predicted molar refractivity (Wildman–Crippen MR) is 175 cm³/mol. The number of fused-ring (bicyclic) bond motifs is 5. The van der Waals surface area contributed by atoms with Crippen molar-refractivity contribution < 1.29 is 92.8 Å². The Hall–Kier alpha value is -1.06. The second kappa shape index (κ2) is 13.4. The maximum Gasteiger partial charge on any atom is 0.407 e. The van der Waals surface area contributed by atoms with E-state index in [9.17, 15) is 34.5 Å². The second-order valence-corrected chi connectivity index (χ2v) is 18.0. The number of alkyl carbamates (subject to hydrolysis) is 1. The van der Waals surface area contributed by atoms with Crippen molar-refractivity contribution in [2.24, 2.45) is 45.8 Å². The van der Waals surface area contributed by atoms with E-state index in [0.717, 1.165) is 6.42 Å². The Morgan fingerprint density at radius 1 is 1.04 bits per heavy atom. The SMILES string of the molecule is CC(=O)OC1C(=O)[C@]2(C)C(O)C[C@H]3CCC3(O)C2[C@H](C)C2CC(OC(=O)C(O)C(NC(=O)OC(C)(C)C)C3CC3(C)C)C(C)=C1C2(C)C.[Ac]. The van der Waals surface area contributed by atoms with Crippen molar-refractivity contribution in [2.45, 2.75) is 150 Å². The van der Waals surface area contributed by atoms with Crippen LogP contribution in [0.5, 0.6) is 0 Å². The van der Waals surface area contributed by atoms with Crippen LogP contribution in [0, 0.1) is 89.9 Å². The topological polar surface area (TPSA) is 169 Å². The van der Waals surface area contributed by atoms with E-state index in [2.05, 4.69) is 5.32 Å². The van der Waals surface area contributed by atoms with Gasteiger partial charge in [-0.05, 0) is 112 Å². The molecule has 0 heterocycles. The van der Waals surface area contributed by atoms with Crippen molar-refractivity contribution in [3.05, 3.63) is 11.1 Å². The quantitative estimate of drug-likeness (QED) is 0.172. The number of hydrogen-bond donors (Lipinski definition) is 4. The summed E-state index contributed by atoms with van der Waals surface area (Å²) in [6.07, 6.45) is -3.18. The van der Waals surface area contributed by atoms with Crippen LogP contribution in [0.25, 0.3) is 0 Å². The van der Waals surface area contributed by atoms with Crippen molar-refractivity contribution in [1.29, 1.82) is 0 Å². The molecule has 12 atom stereocenters. The molecular formula is C37H57AcNO10. The molecule has 2 bridgehead atoms. The largest absolute Gasteiger partial charge is 0.456 e. The maximum atomic E-state index is 14.8. The molecule has 49 heavy (non-hydrogen) atoms. The molecule has 0 spiro atoms. The minimum atomic E-state index is -1.70. The molecule has 0 aromatic heterocycles. The van der Waals surface area contributed by atoms with Gasteiger partial charge in [0.2, 0.25) is 0 Å². The molecule has 12 heteroatoms. The third kappa shape index (κ3) is 6.93. The summed E-state index contributed by atoms with van der Waals surface area (Å²) >= 11 is 0. The summed E-state index contributed by atoms with van der Waals surface area (Å²) in [5.74, 6) is -3.61. The molecule has 273 valence electrons. The monoisotopic (exact) mass is 902 g/mol. The van der Waals surface area contributed by atoms with E-state index in [0.29, 0.717) is 30.4 Å². The number of ketones is 1. The van der Waals surface area contributed by atoms with Gasteiger partial charge < -0.3 is 34.8 Å². The number of carbonyl (C=O) groups excluding carboxylic acids is 4. The minimum Gasteiger partial charge on any atom is -0.456 e. The van der Waals surface area contributed by atoms with Gasteiger partial charge in [-0.3, -0.25) is 9.59 Å². The Labute approximate surface area is 326 Å². The molecule has 5 aliphatic rings. The number of nitrogens with one attached hydrogen (secondary N) is 1. The average Bonchev–Trinajstić information content (AvgIpc) is 3.58. The number of rotatable bonds is 6. The van der Waals surface area contributed by atoms with Gasteiger partial charge >= 0.3 is 18.0 Å². The van der Waals surface area contributed by atoms with Gasteiger partial charge in [-0.25, -0.2) is 9.59 Å². The standard InChI is InChI=1S/C37H57NO10.Ac/c1-17-21-15-23(47-31(43)27(41)26(22-16-34(22,7)8)38-32(44)48-33(4,5)6)18(2)25(35(21,9)10)28(46-19(3)39)30(42)36(11)24(40)14-20-12-13-37(20,45)29(17)36;/h17,20-24,26-29,40-41,45H,12-16H2,1-11H3,(H,38,44);/t17-,20-,21?,22?,23?,24?,26?,27?,28?,29?,36-,37?;/m1./s1. The summed E-state index contributed by atoms with van der Waals surface area (Å²) in [5, 5.41) is 37.9. The first-order valence-electron chi connectivity index (χ1n) is 17.6. The Morgan fingerprint density at radius 3 is 2.12 bits per heavy atom. The van der Waals surface area contributed by atoms with Crippen molar-refractivity contribution in [3.63, 3.8) is 0 Å². The molecule has 0 saturated heterocycles. The first-order valence-corrected chi connectivity index (χ1v) is 17.6. The molecule has 1 amide bonds. The van der Waals surface area contributed by atoms with Crippen LogP contribution in [0.1, 0.15) is 108 Å². The Morgan fingerprint density at radius 2 is 1.63 bits per heavy atom. The number of ether oxygens (including phenoxy) is 3. The van der Waals surface area contributed by atoms with Gasteiger partial charge in [-0.1, -0.05) is 34.6 Å². The number of carbonyl (C=O) groups is 4. The number of esters is 2. The van der Waals surface area contributed by atoms with Crippen molar-refractivity contribution >= 4 is 23.8 Å². The third-order valence-corrected chi connectivity index (χ3v) is 13.0. The van der Waals surface area contributed by atoms with Gasteiger partial charge in [0.25, 0.3) is 0 Å². The number of aliphatic hydroxyl groups excluding tert-OH is 2. The Balaban J connectivity index is 0.00000541. The van der Waals surface area contributed by atoms with Crippen molar-refractivity contribution in [3.8, 4) is 0 Å². The summed E-state index contributed by atoms with van der Waals surface area (Å²) in [7, 11) is 0. The van der Waals surface area contributed by atoms with E-state index in [1.54, 1.807) is 34.6 Å². The van der Waals surface area contributed by atoms with E-state index < -0.39 is 82.2 Å². The van der Waals surface area contributed by atoms with Gasteiger partial charge in [0.1, 0.15) is 11.7 Å². The molecule has 9 unspecified atom stereocenters. The van der Waals surface area contributed by atoms with Crippen LogP contribution in [0.15, 0.2) is 11.1 Å². The van der Waals surface area contributed by atoms with Gasteiger partial charge in [0.05, 0.1) is 23.2 Å². The Bertz CT molecular complexity index is 1400. The van der Waals surface area contributed by atoms with Gasteiger partial charge in [-0.2, -0.15) is 0 Å². The van der Waals surface area contributed by atoms with Gasteiger partial charge in [-0.15, -0.1) is 0 Å². The second-order valence-electron chi connectivity index (χ2n) is 18.0. The van der Waals surface area contributed by atoms with Crippen LogP contribution in [-0.2, 0) is 28.6 Å². The normalized spacial score (nSPS) is 40.0. The molecule has 4 N–H and O–H groups in total. The molecule has 11 nitrogen and oxygen atoms in total. The summed E-state index contributed by atoms with van der Waals surface area (Å²) in [6.45, 7) is 19.8. The van der Waals surface area contributed by atoms with Crippen LogP contribution < -0.4 is 5.32 Å². The first-order chi connectivity index (χ1) is 21.9. The molecule has 1 radical (unpaired) electrons. The summed E-state index contributed by atoms with van der Waals surface area (Å²) in [4.78, 5) is 54.0. The predicted octanol–water partition coefficient (Wildman–Crippen LogP) is 4.24. The van der Waals surface area contributed by atoms with Crippen LogP contribution in [0.2, 0.25) is 0 Å². The number of Topliss-reactive ketones (excluding diaryl/α,β-unsaturated/α-hetero) is 1. The summed E-state index contributed by atoms with van der Waals surface area (Å²) < 4.78 is 17.4. The minimum absolute atomic E-state index is 0. The molecule has 5 aliphatic carbocycles. The van der Waals surface area contributed by atoms with Gasteiger partial charge in [0.15, 0.2) is 18.0 Å². The van der Waals surface area contributed by atoms with Gasteiger partial charge in [0, 0.05) is 56.9 Å². The van der Waals surface area contributed by atoms with Crippen LogP contribution in [0.3, 0.4) is 0 Å². The third-order valence-electron chi connectivity index (χ3n) is 13.0. The zero-order valence-corrected chi connectivity index (χ0v) is 35.8. The fourth-order valence-electron chi connectivity index (χ4n) is 10.3. The molecule has 5 rings (SSSR count). The van der Waals surface area contributed by atoms with Crippen LogP contribution in [0.4, 0.5) is 4.79 Å². The van der Waals surface area contributed by atoms with E-state index in [1.807, 2.05) is 34.6 Å². The number of hydrogen-bond acceptors (Lipinski definition) is 10. The van der Waals surface area contributed by atoms with Crippen LogP contribution >= 0.6 is 0 Å². The molecule has 4 saturated carbocycles. The smallest absolute Gasteiger partial charge is 0.407 e. The molecule has 0 aromatic rings. The average molecular weight is 903 g/mol. The number of amides is 1. The summed E-state index contributed by atoms with van der Waals surface area (Å²) in [5.41, 5.74) is -3.23. The molecular weight excluding hydrogens is 845 g/mol. The molecule has 4 fully saturated rings. The van der Waals surface area contributed by atoms with Crippen molar-refractivity contribution in [1.82, 2.24) is 5.32 Å². The zero-order chi connectivity index (χ0) is 36.1. The van der Waals surface area contributed by atoms with Crippen LogP contribution in [-0.4, -0.2) is 80.8 Å². The first kappa shape index (κ1) is 40.7. The Kier molecular flexibility index (Phi) is 11.1. The van der Waals surface area contributed by atoms with E-state index in [-0.39, 0.29) is 79.6 Å². The van der Waals surface area contributed by atoms with E-state index in [1.165, 1.54) is 6.92 Å². The summed E-state index contributed by atoms with van der Waals surface area (Å²) in [6, 6.07) is -0.954. The maximum absolute atomic E-state index is 14.8. The van der Waals surface area contributed by atoms with E-state index >= 15 is 0 Å². The number of aliphatic hydroxyl groups is 3. The zero-order valence-electron chi connectivity index (χ0n) is 31.1. The van der Waals surface area contributed by atoms with Crippen molar-refractivity contribution in [2.75, 3.05) is 0 Å².